The molecule has 1 unspecified atom stereocenters. The zero-order valence-corrected chi connectivity index (χ0v) is 17.5. The monoisotopic (exact) mass is 428 g/mol. The van der Waals surface area contributed by atoms with Crippen molar-refractivity contribution >= 4 is 34.2 Å². The minimum absolute atomic E-state index is 0.0867. The number of aromatic nitrogens is 3. The number of hydrogen-bond donors (Lipinski definition) is 2. The third-order valence-corrected chi connectivity index (χ3v) is 5.50. The minimum atomic E-state index is -1.18. The number of aryl methyl sites for hydroxylation is 1. The fraction of sp³-hybridized carbons (Fsp3) is 0.333. The highest BCUT2D eigenvalue weighted by Crippen LogP contribution is 2.30. The molecule has 0 amide bonds. The molecule has 2 aromatic heterocycles. The third-order valence-electron chi connectivity index (χ3n) is 5.29. The van der Waals surface area contributed by atoms with E-state index in [0.717, 1.165) is 11.1 Å². The lowest BCUT2D eigenvalue weighted by molar-refractivity contribution is 0.00340. The molecule has 3 heterocycles. The lowest BCUT2D eigenvalue weighted by Crippen LogP contribution is -2.33. The van der Waals surface area contributed by atoms with Crippen LogP contribution in [0.1, 0.15) is 46.3 Å². The maximum atomic E-state index is 13.0. The van der Waals surface area contributed by atoms with Crippen molar-refractivity contribution in [1.82, 2.24) is 14.5 Å². The first-order valence-corrected chi connectivity index (χ1v) is 9.89. The van der Waals surface area contributed by atoms with E-state index in [9.17, 15) is 14.7 Å². The van der Waals surface area contributed by atoms with Gasteiger partial charge in [-0.1, -0.05) is 17.7 Å². The van der Waals surface area contributed by atoms with Crippen LogP contribution in [0.4, 0.5) is 5.69 Å². The van der Waals surface area contributed by atoms with Gasteiger partial charge >= 0.3 is 5.97 Å². The van der Waals surface area contributed by atoms with Crippen LogP contribution in [0.5, 0.6) is 0 Å². The van der Waals surface area contributed by atoms with Crippen LogP contribution < -0.4 is 10.9 Å². The summed E-state index contributed by atoms with van der Waals surface area (Å²) in [5, 5.41) is 13.3. The van der Waals surface area contributed by atoms with Gasteiger partial charge in [-0.05, 0) is 37.6 Å². The lowest BCUT2D eigenvalue weighted by Gasteiger charge is -2.27. The van der Waals surface area contributed by atoms with E-state index in [2.05, 4.69) is 10.3 Å². The molecular formula is C21H21ClN4O4. The van der Waals surface area contributed by atoms with E-state index >= 15 is 0 Å². The van der Waals surface area contributed by atoms with Crippen molar-refractivity contribution in [2.24, 2.45) is 7.05 Å². The second kappa shape index (κ2) is 7.70. The Balaban J connectivity index is 1.83. The van der Waals surface area contributed by atoms with Crippen molar-refractivity contribution in [2.75, 3.05) is 18.5 Å². The van der Waals surface area contributed by atoms with E-state index in [1.54, 1.807) is 17.7 Å². The summed E-state index contributed by atoms with van der Waals surface area (Å²) in [7, 11) is 1.73. The predicted molar refractivity (Wildman–Crippen MR) is 114 cm³/mol. The highest BCUT2D eigenvalue weighted by Gasteiger charge is 2.27. The van der Waals surface area contributed by atoms with Gasteiger partial charge in [0.15, 0.2) is 5.69 Å². The fourth-order valence-corrected chi connectivity index (χ4v) is 3.82. The van der Waals surface area contributed by atoms with Gasteiger partial charge < -0.3 is 15.2 Å². The summed E-state index contributed by atoms with van der Waals surface area (Å²) in [6, 6.07) is 6.56. The van der Waals surface area contributed by atoms with Gasteiger partial charge in [0.25, 0.3) is 5.56 Å². The summed E-state index contributed by atoms with van der Waals surface area (Å²) in [6.45, 7) is 4.88. The van der Waals surface area contributed by atoms with Gasteiger partial charge in [-0.2, -0.15) is 0 Å². The quantitative estimate of drug-likeness (QED) is 0.600. The van der Waals surface area contributed by atoms with Gasteiger partial charge in [0.05, 0.1) is 41.8 Å². The molecule has 1 aromatic carbocycles. The van der Waals surface area contributed by atoms with E-state index < -0.39 is 5.97 Å². The second-order valence-electron chi connectivity index (χ2n) is 7.52. The van der Waals surface area contributed by atoms with Gasteiger partial charge in [0.1, 0.15) is 11.0 Å². The molecule has 0 bridgehead atoms. The predicted octanol–water partition coefficient (Wildman–Crippen LogP) is 3.28. The van der Waals surface area contributed by atoms with Gasteiger partial charge in [0, 0.05) is 12.6 Å². The van der Waals surface area contributed by atoms with Crippen LogP contribution in [-0.4, -0.2) is 38.8 Å². The van der Waals surface area contributed by atoms with E-state index in [-0.39, 0.29) is 28.4 Å². The van der Waals surface area contributed by atoms with Crippen molar-refractivity contribution in [3.8, 4) is 0 Å². The Labute approximate surface area is 177 Å². The van der Waals surface area contributed by atoms with E-state index in [4.69, 9.17) is 21.3 Å². The summed E-state index contributed by atoms with van der Waals surface area (Å²) in [5.41, 5.74) is 2.38. The summed E-state index contributed by atoms with van der Waals surface area (Å²) >= 11 is 5.85. The van der Waals surface area contributed by atoms with Crippen molar-refractivity contribution in [3.63, 3.8) is 0 Å². The molecule has 3 aromatic rings. The summed E-state index contributed by atoms with van der Waals surface area (Å²) < 4.78 is 6.86. The Bertz CT molecular complexity index is 1220. The Hall–Kier alpha value is -2.97. The molecule has 0 radical (unpaired) electrons. The average Bonchev–Trinajstić information content (AvgIpc) is 2.65. The molecule has 30 heavy (non-hydrogen) atoms. The smallest absolute Gasteiger partial charge is 0.356 e. The zero-order valence-electron chi connectivity index (χ0n) is 16.8. The molecule has 0 spiro atoms. The largest absolute Gasteiger partial charge is 0.476 e. The van der Waals surface area contributed by atoms with Crippen LogP contribution in [0.2, 0.25) is 5.15 Å². The topological polar surface area (TPSA) is 106 Å². The number of carboxylic acid groups (broad SMARTS) is 1. The third kappa shape index (κ3) is 3.53. The van der Waals surface area contributed by atoms with Gasteiger partial charge in [-0.15, -0.1) is 0 Å². The molecule has 1 atom stereocenters. The van der Waals surface area contributed by atoms with Crippen LogP contribution in [0.25, 0.3) is 10.9 Å². The summed E-state index contributed by atoms with van der Waals surface area (Å²) in [4.78, 5) is 33.3. The SMILES string of the molecule is Cc1cc(C(C)Nc2ccc(Cl)nc2C(=O)O)c2nc(C3COC3)n(C)c(=O)c2c1. The molecule has 4 rings (SSSR count). The fourth-order valence-electron chi connectivity index (χ4n) is 3.67. The Morgan fingerprint density at radius 2 is 2.07 bits per heavy atom. The molecule has 1 aliphatic rings. The van der Waals surface area contributed by atoms with Crippen LogP contribution >= 0.6 is 11.6 Å². The number of anilines is 1. The Morgan fingerprint density at radius 1 is 1.33 bits per heavy atom. The number of halogens is 1. The van der Waals surface area contributed by atoms with Gasteiger partial charge in [0.2, 0.25) is 0 Å². The summed E-state index contributed by atoms with van der Waals surface area (Å²) in [5.74, 6) is -0.403. The van der Waals surface area contributed by atoms with Crippen LogP contribution in [-0.2, 0) is 11.8 Å². The Kier molecular flexibility index (Phi) is 5.21. The molecule has 0 saturated carbocycles. The maximum Gasteiger partial charge on any atom is 0.356 e. The van der Waals surface area contributed by atoms with Crippen LogP contribution in [0.15, 0.2) is 29.1 Å². The number of benzene rings is 1. The second-order valence-corrected chi connectivity index (χ2v) is 7.91. The molecule has 2 N–H and O–H groups in total. The molecule has 0 aliphatic carbocycles. The average molecular weight is 429 g/mol. The number of hydrogen-bond acceptors (Lipinski definition) is 6. The standard InChI is InChI=1S/C21H21ClN4O4/c1-10-6-13(11(2)23-15-4-5-16(22)24-18(15)21(28)29)17-14(7-10)20(27)26(3)19(25-17)12-8-30-9-12/h4-7,11-12,23H,8-9H2,1-3H3,(H,28,29). The molecule has 156 valence electrons. The van der Waals surface area contributed by atoms with Crippen LogP contribution in [0, 0.1) is 6.92 Å². The first kappa shape index (κ1) is 20.3. The van der Waals surface area contributed by atoms with Gasteiger partial charge in [-0.3, -0.25) is 9.36 Å². The van der Waals surface area contributed by atoms with Crippen LogP contribution in [0.3, 0.4) is 0 Å². The Morgan fingerprint density at radius 3 is 2.70 bits per heavy atom. The minimum Gasteiger partial charge on any atom is -0.476 e. The number of carbonyl (C=O) groups is 1. The number of pyridine rings is 1. The first-order valence-electron chi connectivity index (χ1n) is 9.51. The molecule has 1 fully saturated rings. The van der Waals surface area contributed by atoms with Crippen molar-refractivity contribution in [1.29, 1.82) is 0 Å². The molecule has 8 nitrogen and oxygen atoms in total. The lowest BCUT2D eigenvalue weighted by atomic mass is 9.99. The number of ether oxygens (including phenoxy) is 1. The number of fused-ring (bicyclic) bond motifs is 1. The molecule has 9 heteroatoms. The normalized spacial score (nSPS) is 15.1. The maximum absolute atomic E-state index is 13.0. The molecule has 1 aliphatic heterocycles. The van der Waals surface area contributed by atoms with Crippen molar-refractivity contribution < 1.29 is 14.6 Å². The highest BCUT2D eigenvalue weighted by molar-refractivity contribution is 6.29. The first-order chi connectivity index (χ1) is 14.3. The molecule has 1 saturated heterocycles. The number of aromatic carboxylic acids is 1. The van der Waals surface area contributed by atoms with Gasteiger partial charge in [-0.25, -0.2) is 14.8 Å². The van der Waals surface area contributed by atoms with E-state index in [1.165, 1.54) is 6.07 Å². The molecular weight excluding hydrogens is 408 g/mol. The number of nitrogens with one attached hydrogen (secondary N) is 1. The number of rotatable bonds is 5. The van der Waals surface area contributed by atoms with Crippen molar-refractivity contribution in [2.45, 2.75) is 25.8 Å². The number of nitrogens with zero attached hydrogens (tertiary/aromatic N) is 3. The highest BCUT2D eigenvalue weighted by atomic mass is 35.5. The van der Waals surface area contributed by atoms with Crippen molar-refractivity contribution in [3.05, 3.63) is 62.4 Å². The van der Waals surface area contributed by atoms with E-state index in [1.807, 2.05) is 26.0 Å². The summed E-state index contributed by atoms with van der Waals surface area (Å²) in [6.07, 6.45) is 0. The zero-order chi connectivity index (χ0) is 21.6. The van der Waals surface area contributed by atoms with E-state index in [0.29, 0.717) is 35.6 Å². The number of carboxylic acids is 1.